The van der Waals surface area contributed by atoms with Crippen molar-refractivity contribution in [2.24, 2.45) is 0 Å². The molecule has 0 saturated carbocycles. The van der Waals surface area contributed by atoms with E-state index in [1.807, 2.05) is 0 Å². The van der Waals surface area contributed by atoms with Gasteiger partial charge in [-0.25, -0.2) is 9.18 Å². The molecule has 4 nitrogen and oxygen atoms in total. The molecule has 0 unspecified atom stereocenters. The van der Waals surface area contributed by atoms with E-state index in [2.05, 4.69) is 4.98 Å². The first-order valence-corrected chi connectivity index (χ1v) is 4.67. The molecule has 5 heteroatoms. The van der Waals surface area contributed by atoms with E-state index in [9.17, 15) is 14.0 Å². The Morgan fingerprint density at radius 1 is 1.44 bits per heavy atom. The number of hydrogen-bond donors (Lipinski definition) is 0. The van der Waals surface area contributed by atoms with Crippen molar-refractivity contribution in [1.82, 2.24) is 4.98 Å². The Kier molecular flexibility index (Phi) is 3.37. The van der Waals surface area contributed by atoms with Crippen molar-refractivity contribution in [2.75, 3.05) is 0 Å². The van der Waals surface area contributed by atoms with Crippen LogP contribution in [-0.2, 0) is 4.74 Å². The number of hydrogen-bond acceptors (Lipinski definition) is 4. The fraction of sp³-hybridized carbons (Fsp3) is 0.364. The number of pyridine rings is 1. The van der Waals surface area contributed by atoms with Crippen LogP contribution < -0.4 is 0 Å². The molecule has 1 rings (SSSR count). The molecule has 0 fully saturated rings. The topological polar surface area (TPSA) is 56.3 Å². The average molecular weight is 225 g/mol. The first-order chi connectivity index (χ1) is 7.35. The molecular weight excluding hydrogens is 213 g/mol. The van der Waals surface area contributed by atoms with Crippen LogP contribution in [0.25, 0.3) is 0 Å². The van der Waals surface area contributed by atoms with E-state index in [4.69, 9.17) is 4.74 Å². The fourth-order valence-electron chi connectivity index (χ4n) is 1.08. The summed E-state index contributed by atoms with van der Waals surface area (Å²) in [6.45, 7) is 4.97. The van der Waals surface area contributed by atoms with Crippen molar-refractivity contribution in [2.45, 2.75) is 26.4 Å². The summed E-state index contributed by atoms with van der Waals surface area (Å²) < 4.78 is 18.3. The second-order valence-corrected chi connectivity index (χ2v) is 4.21. The number of aldehydes is 1. The molecule has 0 aliphatic carbocycles. The monoisotopic (exact) mass is 225 g/mol. The predicted molar refractivity (Wildman–Crippen MR) is 54.8 cm³/mol. The van der Waals surface area contributed by atoms with Crippen molar-refractivity contribution in [3.05, 3.63) is 29.3 Å². The van der Waals surface area contributed by atoms with Gasteiger partial charge in [-0.3, -0.25) is 9.78 Å². The molecule has 86 valence electrons. The lowest BCUT2D eigenvalue weighted by Crippen LogP contribution is -2.25. The van der Waals surface area contributed by atoms with Gasteiger partial charge >= 0.3 is 5.97 Å². The summed E-state index contributed by atoms with van der Waals surface area (Å²) in [5.41, 5.74) is -1.23. The van der Waals surface area contributed by atoms with Crippen molar-refractivity contribution in [3.63, 3.8) is 0 Å². The lowest BCUT2D eigenvalue weighted by molar-refractivity contribution is 0.00631. The van der Waals surface area contributed by atoms with Crippen molar-refractivity contribution in [1.29, 1.82) is 0 Å². The number of aromatic nitrogens is 1. The van der Waals surface area contributed by atoms with Gasteiger partial charge in [-0.2, -0.15) is 0 Å². The molecule has 0 bridgehead atoms. The maximum absolute atomic E-state index is 13.3. The first kappa shape index (κ1) is 12.3. The maximum Gasteiger partial charge on any atom is 0.342 e. The van der Waals surface area contributed by atoms with Gasteiger partial charge in [0.2, 0.25) is 0 Å². The van der Waals surface area contributed by atoms with Gasteiger partial charge in [0.15, 0.2) is 12.1 Å². The molecule has 1 heterocycles. The Morgan fingerprint density at radius 3 is 2.56 bits per heavy atom. The fourth-order valence-corrected chi connectivity index (χ4v) is 1.08. The smallest absolute Gasteiger partial charge is 0.342 e. The van der Waals surface area contributed by atoms with E-state index in [1.54, 1.807) is 20.8 Å². The highest BCUT2D eigenvalue weighted by Gasteiger charge is 2.23. The number of ether oxygens (including phenoxy) is 1. The van der Waals surface area contributed by atoms with E-state index in [-0.39, 0.29) is 11.1 Å². The number of carbonyl (C=O) groups excluding carboxylic acids is 2. The molecule has 16 heavy (non-hydrogen) atoms. The van der Waals surface area contributed by atoms with E-state index < -0.39 is 17.4 Å². The van der Waals surface area contributed by atoms with E-state index in [1.165, 1.54) is 0 Å². The second kappa shape index (κ2) is 4.38. The van der Waals surface area contributed by atoms with Crippen LogP contribution >= 0.6 is 0 Å². The average Bonchev–Trinajstić information content (AvgIpc) is 2.14. The van der Waals surface area contributed by atoms with Gasteiger partial charge in [-0.15, -0.1) is 0 Å². The summed E-state index contributed by atoms with van der Waals surface area (Å²) in [7, 11) is 0. The molecule has 1 aromatic heterocycles. The minimum atomic E-state index is -0.866. The predicted octanol–water partition coefficient (Wildman–Crippen LogP) is 1.99. The van der Waals surface area contributed by atoms with Crippen LogP contribution in [0, 0.1) is 5.82 Å². The summed E-state index contributed by atoms with van der Waals surface area (Å²) in [4.78, 5) is 25.7. The largest absolute Gasteiger partial charge is 0.456 e. The van der Waals surface area contributed by atoms with Crippen LogP contribution in [0.2, 0.25) is 0 Å². The van der Waals surface area contributed by atoms with Crippen molar-refractivity contribution < 1.29 is 18.7 Å². The Hall–Kier alpha value is -1.78. The van der Waals surface area contributed by atoms with Gasteiger partial charge in [0, 0.05) is 6.20 Å². The minimum Gasteiger partial charge on any atom is -0.456 e. The highest BCUT2D eigenvalue weighted by Crippen LogP contribution is 2.16. The molecule has 0 radical (unpaired) electrons. The normalized spacial score (nSPS) is 11.0. The van der Waals surface area contributed by atoms with E-state index in [0.717, 1.165) is 12.4 Å². The zero-order valence-electron chi connectivity index (χ0n) is 9.28. The Bertz CT molecular complexity index is 424. The lowest BCUT2D eigenvalue weighted by atomic mass is 10.1. The molecule has 0 amide bonds. The van der Waals surface area contributed by atoms with Crippen molar-refractivity contribution in [3.8, 4) is 0 Å². The number of halogens is 1. The van der Waals surface area contributed by atoms with Gasteiger partial charge in [-0.1, -0.05) is 0 Å². The molecule has 0 atom stereocenters. The summed E-state index contributed by atoms with van der Waals surface area (Å²) in [6, 6.07) is 0. The molecule has 0 aliphatic rings. The molecule has 1 aromatic rings. The van der Waals surface area contributed by atoms with E-state index in [0.29, 0.717) is 6.29 Å². The van der Waals surface area contributed by atoms with E-state index >= 15 is 0 Å². The number of rotatable bonds is 2. The number of carbonyl (C=O) groups is 2. The second-order valence-electron chi connectivity index (χ2n) is 4.21. The van der Waals surface area contributed by atoms with Gasteiger partial charge in [0.1, 0.15) is 11.2 Å². The molecule has 0 aromatic carbocycles. The SMILES string of the molecule is CC(C)(C)OC(=O)c1c(F)cncc1C=O. The van der Waals surface area contributed by atoms with Gasteiger partial charge in [0.25, 0.3) is 0 Å². The van der Waals surface area contributed by atoms with Crippen LogP contribution in [0.3, 0.4) is 0 Å². The maximum atomic E-state index is 13.3. The van der Waals surface area contributed by atoms with Gasteiger partial charge < -0.3 is 4.74 Å². The van der Waals surface area contributed by atoms with Crippen molar-refractivity contribution >= 4 is 12.3 Å². The molecular formula is C11H12FNO3. The number of esters is 1. The van der Waals surface area contributed by atoms with Crippen LogP contribution in [0.4, 0.5) is 4.39 Å². The third-order valence-corrected chi connectivity index (χ3v) is 1.66. The molecule has 0 N–H and O–H groups in total. The third-order valence-electron chi connectivity index (χ3n) is 1.66. The van der Waals surface area contributed by atoms with Crippen LogP contribution in [0.15, 0.2) is 12.4 Å². The molecule has 0 saturated heterocycles. The Balaban J connectivity index is 3.12. The van der Waals surface area contributed by atoms with Crippen LogP contribution in [-0.4, -0.2) is 22.8 Å². The zero-order chi connectivity index (χ0) is 12.3. The van der Waals surface area contributed by atoms with Gasteiger partial charge in [-0.05, 0) is 20.8 Å². The summed E-state index contributed by atoms with van der Waals surface area (Å²) in [5.74, 6) is -1.73. The quantitative estimate of drug-likeness (QED) is 0.570. The lowest BCUT2D eigenvalue weighted by Gasteiger charge is -2.19. The standard InChI is InChI=1S/C11H12FNO3/c1-11(2,3)16-10(15)9-7(6-14)4-13-5-8(9)12/h4-6H,1-3H3. The highest BCUT2D eigenvalue weighted by atomic mass is 19.1. The summed E-state index contributed by atoms with van der Waals surface area (Å²) >= 11 is 0. The number of nitrogens with zero attached hydrogens (tertiary/aromatic N) is 1. The Morgan fingerprint density at radius 2 is 2.06 bits per heavy atom. The third kappa shape index (κ3) is 2.85. The van der Waals surface area contributed by atoms with Crippen LogP contribution in [0.1, 0.15) is 41.5 Å². The van der Waals surface area contributed by atoms with Gasteiger partial charge in [0.05, 0.1) is 11.8 Å². The summed E-state index contributed by atoms with van der Waals surface area (Å²) in [6.07, 6.45) is 2.36. The minimum absolute atomic E-state index is 0.116. The summed E-state index contributed by atoms with van der Waals surface area (Å²) in [5, 5.41) is 0. The highest BCUT2D eigenvalue weighted by molar-refractivity contribution is 5.98. The van der Waals surface area contributed by atoms with Crippen LogP contribution in [0.5, 0.6) is 0 Å². The first-order valence-electron chi connectivity index (χ1n) is 4.67. The molecule has 0 aliphatic heterocycles. The Labute approximate surface area is 92.4 Å². The zero-order valence-corrected chi connectivity index (χ0v) is 9.28. The molecule has 0 spiro atoms.